The summed E-state index contributed by atoms with van der Waals surface area (Å²) < 4.78 is 5.30. The first-order valence-electron chi connectivity index (χ1n) is 8.22. The Bertz CT molecular complexity index is 906. The predicted molar refractivity (Wildman–Crippen MR) is 94.6 cm³/mol. The molecule has 6 heteroatoms. The van der Waals surface area contributed by atoms with Crippen molar-refractivity contribution < 1.29 is 9.21 Å². The van der Waals surface area contributed by atoms with E-state index < -0.39 is 0 Å². The molecule has 4 rings (SSSR count). The van der Waals surface area contributed by atoms with E-state index in [1.807, 2.05) is 30.3 Å². The van der Waals surface area contributed by atoms with Gasteiger partial charge in [0.2, 0.25) is 0 Å². The molecule has 25 heavy (non-hydrogen) atoms. The summed E-state index contributed by atoms with van der Waals surface area (Å²) in [5.41, 5.74) is 2.55. The number of carbonyl (C=O) groups excluding carboxylic acids is 1. The van der Waals surface area contributed by atoms with Crippen molar-refractivity contribution in [2.45, 2.75) is 19.9 Å². The summed E-state index contributed by atoms with van der Waals surface area (Å²) in [6.07, 6.45) is 2.50. The van der Waals surface area contributed by atoms with Crippen molar-refractivity contribution in [2.75, 3.05) is 16.8 Å². The Kier molecular flexibility index (Phi) is 3.93. The number of benzene rings is 1. The number of anilines is 2. The molecule has 3 heterocycles. The first-order valence-corrected chi connectivity index (χ1v) is 8.22. The van der Waals surface area contributed by atoms with Crippen molar-refractivity contribution in [1.29, 1.82) is 0 Å². The molecule has 1 aliphatic rings. The standard InChI is InChI=1S/C19H18N4O2/c1-13-21-16(11-18(22-13)20-12-15-6-4-10-25-15)19(24)23-9-8-14-5-2-3-7-17(14)23/h2-7,10-11H,8-9,12H2,1H3,(H,20,21,22). The molecule has 0 spiro atoms. The highest BCUT2D eigenvalue weighted by molar-refractivity contribution is 6.06. The largest absolute Gasteiger partial charge is 0.467 e. The number of hydrogen-bond acceptors (Lipinski definition) is 5. The van der Waals surface area contributed by atoms with E-state index >= 15 is 0 Å². The zero-order chi connectivity index (χ0) is 17.2. The van der Waals surface area contributed by atoms with Crippen LogP contribution in [0.2, 0.25) is 0 Å². The molecule has 0 fully saturated rings. The lowest BCUT2D eigenvalue weighted by Gasteiger charge is -2.17. The number of rotatable bonds is 4. The van der Waals surface area contributed by atoms with Gasteiger partial charge in [0, 0.05) is 18.3 Å². The molecule has 0 unspecified atom stereocenters. The van der Waals surface area contributed by atoms with Gasteiger partial charge >= 0.3 is 0 Å². The summed E-state index contributed by atoms with van der Waals surface area (Å²) in [6.45, 7) is 2.97. The summed E-state index contributed by atoms with van der Waals surface area (Å²) >= 11 is 0. The van der Waals surface area contributed by atoms with Gasteiger partial charge in [0.05, 0.1) is 12.8 Å². The molecule has 126 valence electrons. The number of aryl methyl sites for hydroxylation is 1. The number of aromatic nitrogens is 2. The van der Waals surface area contributed by atoms with Gasteiger partial charge in [0.25, 0.3) is 5.91 Å². The molecule has 0 radical (unpaired) electrons. The lowest BCUT2D eigenvalue weighted by atomic mass is 10.2. The molecular formula is C19H18N4O2. The minimum atomic E-state index is -0.100. The Balaban J connectivity index is 1.57. The lowest BCUT2D eigenvalue weighted by Crippen LogP contribution is -2.30. The van der Waals surface area contributed by atoms with Crippen molar-refractivity contribution in [3.05, 3.63) is 71.6 Å². The van der Waals surface area contributed by atoms with Crippen molar-refractivity contribution in [3.8, 4) is 0 Å². The van der Waals surface area contributed by atoms with E-state index in [9.17, 15) is 4.79 Å². The molecule has 0 saturated heterocycles. The van der Waals surface area contributed by atoms with Gasteiger partial charge in [-0.3, -0.25) is 4.79 Å². The van der Waals surface area contributed by atoms with E-state index in [2.05, 4.69) is 21.4 Å². The fraction of sp³-hybridized carbons (Fsp3) is 0.211. The number of hydrogen-bond donors (Lipinski definition) is 1. The van der Waals surface area contributed by atoms with Crippen molar-refractivity contribution in [1.82, 2.24) is 9.97 Å². The Hall–Kier alpha value is -3.15. The Morgan fingerprint density at radius 3 is 2.96 bits per heavy atom. The van der Waals surface area contributed by atoms with Crippen LogP contribution < -0.4 is 10.2 Å². The summed E-state index contributed by atoms with van der Waals surface area (Å²) in [4.78, 5) is 23.4. The normalized spacial score (nSPS) is 12.9. The van der Waals surface area contributed by atoms with E-state index in [-0.39, 0.29) is 5.91 Å². The van der Waals surface area contributed by atoms with Crippen LogP contribution in [0.5, 0.6) is 0 Å². The molecule has 0 bridgehead atoms. The van der Waals surface area contributed by atoms with Crippen LogP contribution >= 0.6 is 0 Å². The number of nitrogens with one attached hydrogen (secondary N) is 1. The molecule has 6 nitrogen and oxygen atoms in total. The summed E-state index contributed by atoms with van der Waals surface area (Å²) in [5.74, 6) is 1.87. The van der Waals surface area contributed by atoms with Crippen LogP contribution in [0, 0.1) is 6.92 Å². The van der Waals surface area contributed by atoms with Crippen LogP contribution in [0.1, 0.15) is 27.6 Å². The maximum absolute atomic E-state index is 12.9. The van der Waals surface area contributed by atoms with E-state index in [1.54, 1.807) is 24.2 Å². The number of carbonyl (C=O) groups is 1. The molecule has 0 aliphatic carbocycles. The van der Waals surface area contributed by atoms with Crippen LogP contribution in [-0.2, 0) is 13.0 Å². The summed E-state index contributed by atoms with van der Waals surface area (Å²) in [6, 6.07) is 13.4. The molecule has 0 atom stereocenters. The van der Waals surface area contributed by atoms with Crippen molar-refractivity contribution in [3.63, 3.8) is 0 Å². The van der Waals surface area contributed by atoms with E-state index in [0.29, 0.717) is 30.4 Å². The van der Waals surface area contributed by atoms with Gasteiger partial charge in [-0.2, -0.15) is 0 Å². The lowest BCUT2D eigenvalue weighted by molar-refractivity contribution is 0.0984. The number of nitrogens with zero attached hydrogens (tertiary/aromatic N) is 3. The van der Waals surface area contributed by atoms with E-state index in [0.717, 1.165) is 17.9 Å². The highest BCUT2D eigenvalue weighted by Crippen LogP contribution is 2.28. The minimum absolute atomic E-state index is 0.100. The van der Waals surface area contributed by atoms with Crippen LogP contribution in [0.15, 0.2) is 53.1 Å². The first kappa shape index (κ1) is 15.4. The Labute approximate surface area is 145 Å². The molecule has 1 aromatic carbocycles. The Morgan fingerprint density at radius 2 is 2.12 bits per heavy atom. The monoisotopic (exact) mass is 334 g/mol. The molecule has 3 aromatic rings. The molecule has 2 aromatic heterocycles. The van der Waals surface area contributed by atoms with Crippen LogP contribution in [0.3, 0.4) is 0 Å². The maximum atomic E-state index is 12.9. The average Bonchev–Trinajstić information content (AvgIpc) is 3.28. The zero-order valence-electron chi connectivity index (χ0n) is 13.9. The fourth-order valence-electron chi connectivity index (χ4n) is 3.05. The van der Waals surface area contributed by atoms with Crippen LogP contribution in [-0.4, -0.2) is 22.4 Å². The molecule has 1 amide bonds. The number of furan rings is 1. The Morgan fingerprint density at radius 1 is 1.24 bits per heavy atom. The third-order valence-corrected chi connectivity index (χ3v) is 4.21. The number of fused-ring (bicyclic) bond motifs is 1. The van der Waals surface area contributed by atoms with Crippen LogP contribution in [0.4, 0.5) is 11.5 Å². The molecular weight excluding hydrogens is 316 g/mol. The van der Waals surface area contributed by atoms with E-state index in [1.165, 1.54) is 5.56 Å². The fourth-order valence-corrected chi connectivity index (χ4v) is 3.05. The third kappa shape index (κ3) is 3.10. The SMILES string of the molecule is Cc1nc(NCc2ccco2)cc(C(=O)N2CCc3ccccc32)n1. The first-order chi connectivity index (χ1) is 12.2. The second-order valence-electron chi connectivity index (χ2n) is 5.95. The number of amides is 1. The van der Waals surface area contributed by atoms with Gasteiger partial charge in [0.15, 0.2) is 0 Å². The molecule has 0 saturated carbocycles. The predicted octanol–water partition coefficient (Wildman–Crippen LogP) is 3.19. The van der Waals surface area contributed by atoms with E-state index in [4.69, 9.17) is 4.42 Å². The minimum Gasteiger partial charge on any atom is -0.467 e. The summed E-state index contributed by atoms with van der Waals surface area (Å²) in [5, 5.41) is 3.18. The van der Waals surface area contributed by atoms with Crippen molar-refractivity contribution >= 4 is 17.4 Å². The van der Waals surface area contributed by atoms with Crippen LogP contribution in [0.25, 0.3) is 0 Å². The smallest absolute Gasteiger partial charge is 0.277 e. The zero-order valence-corrected chi connectivity index (χ0v) is 13.9. The topological polar surface area (TPSA) is 71.3 Å². The average molecular weight is 334 g/mol. The highest BCUT2D eigenvalue weighted by Gasteiger charge is 2.26. The third-order valence-electron chi connectivity index (χ3n) is 4.21. The van der Waals surface area contributed by atoms with Gasteiger partial charge in [-0.15, -0.1) is 0 Å². The number of para-hydroxylation sites is 1. The van der Waals surface area contributed by atoms with Gasteiger partial charge in [-0.25, -0.2) is 9.97 Å². The maximum Gasteiger partial charge on any atom is 0.277 e. The second kappa shape index (κ2) is 6.39. The van der Waals surface area contributed by atoms with Gasteiger partial charge in [-0.1, -0.05) is 18.2 Å². The quantitative estimate of drug-likeness (QED) is 0.793. The summed E-state index contributed by atoms with van der Waals surface area (Å²) in [7, 11) is 0. The van der Waals surface area contributed by atoms with Gasteiger partial charge in [0.1, 0.15) is 23.1 Å². The molecule has 1 aliphatic heterocycles. The van der Waals surface area contributed by atoms with Gasteiger partial charge in [-0.05, 0) is 37.1 Å². The highest BCUT2D eigenvalue weighted by atomic mass is 16.3. The molecule has 1 N–H and O–H groups in total. The van der Waals surface area contributed by atoms with Gasteiger partial charge < -0.3 is 14.6 Å². The van der Waals surface area contributed by atoms with Crippen molar-refractivity contribution in [2.24, 2.45) is 0 Å². The second-order valence-corrected chi connectivity index (χ2v) is 5.95.